The number of fused-ring (bicyclic) bond motifs is 1. The summed E-state index contributed by atoms with van der Waals surface area (Å²) in [6.07, 6.45) is 4.87. The predicted molar refractivity (Wildman–Crippen MR) is 146 cm³/mol. The molecule has 0 atom stereocenters. The van der Waals surface area contributed by atoms with Gasteiger partial charge in [0.05, 0.1) is 26.6 Å². The Balaban J connectivity index is 1.65. The van der Waals surface area contributed by atoms with Gasteiger partial charge in [0.15, 0.2) is 4.80 Å². The third kappa shape index (κ3) is 6.24. The van der Waals surface area contributed by atoms with Crippen LogP contribution in [0.5, 0.6) is 0 Å². The summed E-state index contributed by atoms with van der Waals surface area (Å²) in [5.41, 5.74) is 0.934. The Morgan fingerprint density at radius 1 is 1.08 bits per heavy atom. The van der Waals surface area contributed by atoms with Crippen molar-refractivity contribution in [3.05, 3.63) is 52.8 Å². The van der Waals surface area contributed by atoms with Gasteiger partial charge >= 0.3 is 0 Å². The van der Waals surface area contributed by atoms with Crippen molar-refractivity contribution in [2.24, 2.45) is 10.1 Å². The molecule has 2 N–H and O–H groups in total. The Bertz CT molecular complexity index is 1590. The van der Waals surface area contributed by atoms with Crippen molar-refractivity contribution in [3.8, 4) is 0 Å². The quantitative estimate of drug-likeness (QED) is 0.386. The van der Waals surface area contributed by atoms with E-state index in [1.165, 1.54) is 40.7 Å². The molecule has 2 aromatic carbocycles. The summed E-state index contributed by atoms with van der Waals surface area (Å²) in [4.78, 5) is 17.8. The van der Waals surface area contributed by atoms with E-state index in [-0.39, 0.29) is 21.4 Å². The molecule has 0 aliphatic heterocycles. The summed E-state index contributed by atoms with van der Waals surface area (Å²) >= 11 is 1.16. The van der Waals surface area contributed by atoms with Crippen LogP contribution in [-0.2, 0) is 31.3 Å². The Morgan fingerprint density at radius 3 is 2.37 bits per heavy atom. The van der Waals surface area contributed by atoms with E-state index in [0.717, 1.165) is 43.4 Å². The second-order valence-corrected chi connectivity index (χ2v) is 13.7. The van der Waals surface area contributed by atoms with E-state index in [9.17, 15) is 21.6 Å². The van der Waals surface area contributed by atoms with Gasteiger partial charge in [-0.2, -0.15) is 9.30 Å². The van der Waals surface area contributed by atoms with Gasteiger partial charge in [0.2, 0.25) is 20.0 Å². The molecule has 10 nitrogen and oxygen atoms in total. The van der Waals surface area contributed by atoms with E-state index < -0.39 is 26.0 Å². The first-order valence-electron chi connectivity index (χ1n) is 12.4. The number of primary sulfonamides is 1. The molecule has 13 heteroatoms. The SMILES string of the molecule is CCOCCn1c(=NC(=O)c2ccc(S(=O)(=O)N(C)C3CCCCC3)cc2)sc2cc(S(N)(=O)=O)ccc21. The lowest BCUT2D eigenvalue weighted by atomic mass is 9.96. The summed E-state index contributed by atoms with van der Waals surface area (Å²) in [6, 6.07) is 10.3. The monoisotopic (exact) mass is 580 g/mol. The molecule has 206 valence electrons. The molecule has 38 heavy (non-hydrogen) atoms. The largest absolute Gasteiger partial charge is 0.380 e. The Kier molecular flexibility index (Phi) is 8.85. The summed E-state index contributed by atoms with van der Waals surface area (Å²) in [6.45, 7) is 3.18. The van der Waals surface area contributed by atoms with Gasteiger partial charge in [0.25, 0.3) is 5.91 Å². The number of carbonyl (C=O) groups is 1. The maximum Gasteiger partial charge on any atom is 0.279 e. The van der Waals surface area contributed by atoms with Crippen molar-refractivity contribution in [2.75, 3.05) is 20.3 Å². The fourth-order valence-corrected chi connectivity index (χ4v) is 7.68. The predicted octanol–water partition coefficient (Wildman–Crippen LogP) is 3.08. The van der Waals surface area contributed by atoms with E-state index in [4.69, 9.17) is 9.88 Å². The fraction of sp³-hybridized carbons (Fsp3) is 0.440. The van der Waals surface area contributed by atoms with Gasteiger partial charge in [0, 0.05) is 31.8 Å². The van der Waals surface area contributed by atoms with Crippen LogP contribution in [0.2, 0.25) is 0 Å². The number of hydrogen-bond acceptors (Lipinski definition) is 7. The molecular weight excluding hydrogens is 548 g/mol. The zero-order valence-electron chi connectivity index (χ0n) is 21.4. The fourth-order valence-electron chi connectivity index (χ4n) is 4.56. The highest BCUT2D eigenvalue weighted by atomic mass is 32.2. The van der Waals surface area contributed by atoms with Crippen molar-refractivity contribution in [3.63, 3.8) is 0 Å². The molecule has 0 spiro atoms. The minimum absolute atomic E-state index is 0.0140. The van der Waals surface area contributed by atoms with Crippen LogP contribution < -0.4 is 9.94 Å². The van der Waals surface area contributed by atoms with Crippen LogP contribution in [0.1, 0.15) is 49.4 Å². The number of sulfonamides is 2. The molecule has 4 rings (SSSR count). The van der Waals surface area contributed by atoms with Crippen LogP contribution in [0.15, 0.2) is 57.2 Å². The summed E-state index contributed by atoms with van der Waals surface area (Å²) in [5.74, 6) is -0.544. The zero-order chi connectivity index (χ0) is 27.5. The second kappa shape index (κ2) is 11.8. The normalized spacial score (nSPS) is 15.9. The van der Waals surface area contributed by atoms with Crippen molar-refractivity contribution >= 4 is 47.5 Å². The number of rotatable bonds is 9. The minimum atomic E-state index is -3.89. The third-order valence-electron chi connectivity index (χ3n) is 6.71. The molecule has 1 saturated carbocycles. The lowest BCUT2D eigenvalue weighted by Crippen LogP contribution is -2.38. The van der Waals surface area contributed by atoms with Crippen LogP contribution in [0, 0.1) is 0 Å². The number of nitrogens with two attached hydrogens (primary N) is 1. The van der Waals surface area contributed by atoms with E-state index >= 15 is 0 Å². The summed E-state index contributed by atoms with van der Waals surface area (Å²) in [5, 5.41) is 5.28. The van der Waals surface area contributed by atoms with Gasteiger partial charge in [-0.05, 0) is 62.2 Å². The average Bonchev–Trinajstić information content (AvgIpc) is 3.24. The maximum absolute atomic E-state index is 13.1. The summed E-state index contributed by atoms with van der Waals surface area (Å²) in [7, 11) is -5.95. The van der Waals surface area contributed by atoms with Gasteiger partial charge in [-0.25, -0.2) is 22.0 Å². The number of thiazole rings is 1. The van der Waals surface area contributed by atoms with Crippen LogP contribution in [-0.4, -0.2) is 57.9 Å². The van der Waals surface area contributed by atoms with Crippen LogP contribution in [0.25, 0.3) is 10.2 Å². The molecule has 1 aliphatic carbocycles. The Morgan fingerprint density at radius 2 is 1.74 bits per heavy atom. The number of hydrogen-bond donors (Lipinski definition) is 1. The number of benzene rings is 2. The first kappa shape index (κ1) is 28.6. The number of amides is 1. The first-order valence-corrected chi connectivity index (χ1v) is 16.2. The second-order valence-electron chi connectivity index (χ2n) is 9.16. The number of carbonyl (C=O) groups excluding carboxylic acids is 1. The Hall–Kier alpha value is -2.42. The van der Waals surface area contributed by atoms with E-state index in [2.05, 4.69) is 4.99 Å². The van der Waals surface area contributed by atoms with Crippen LogP contribution in [0.4, 0.5) is 0 Å². The molecule has 1 heterocycles. The third-order valence-corrected chi connectivity index (χ3v) is 10.6. The van der Waals surface area contributed by atoms with E-state index in [1.54, 1.807) is 17.7 Å². The molecular formula is C25H32N4O6S3. The van der Waals surface area contributed by atoms with Gasteiger partial charge in [-0.3, -0.25) is 4.79 Å². The van der Waals surface area contributed by atoms with Crippen molar-refractivity contribution in [1.29, 1.82) is 0 Å². The lowest BCUT2D eigenvalue weighted by molar-refractivity contribution is 0.0996. The maximum atomic E-state index is 13.1. The van der Waals surface area contributed by atoms with Crippen LogP contribution in [0.3, 0.4) is 0 Å². The van der Waals surface area contributed by atoms with Gasteiger partial charge in [-0.1, -0.05) is 30.6 Å². The number of aromatic nitrogens is 1. The highest BCUT2D eigenvalue weighted by Gasteiger charge is 2.29. The van der Waals surface area contributed by atoms with Crippen LogP contribution >= 0.6 is 11.3 Å². The molecule has 1 aliphatic rings. The van der Waals surface area contributed by atoms with Gasteiger partial charge in [-0.15, -0.1) is 0 Å². The molecule has 1 aromatic heterocycles. The molecule has 1 fully saturated rings. The molecule has 0 bridgehead atoms. The lowest BCUT2D eigenvalue weighted by Gasteiger charge is -2.30. The van der Waals surface area contributed by atoms with E-state index in [0.29, 0.717) is 34.8 Å². The minimum Gasteiger partial charge on any atom is -0.380 e. The molecule has 0 saturated heterocycles. The number of nitrogens with zero attached hydrogens (tertiary/aromatic N) is 3. The zero-order valence-corrected chi connectivity index (χ0v) is 23.8. The molecule has 1 amide bonds. The van der Waals surface area contributed by atoms with Crippen molar-refractivity contribution in [1.82, 2.24) is 8.87 Å². The highest BCUT2D eigenvalue weighted by Crippen LogP contribution is 2.27. The summed E-state index contributed by atoms with van der Waals surface area (Å²) < 4.78 is 59.2. The Labute approximate surface area is 226 Å². The highest BCUT2D eigenvalue weighted by molar-refractivity contribution is 7.89. The van der Waals surface area contributed by atoms with Gasteiger partial charge in [0.1, 0.15) is 0 Å². The number of ether oxygens (including phenoxy) is 1. The smallest absolute Gasteiger partial charge is 0.279 e. The molecule has 3 aromatic rings. The van der Waals surface area contributed by atoms with Gasteiger partial charge < -0.3 is 9.30 Å². The van der Waals surface area contributed by atoms with Crippen molar-refractivity contribution in [2.45, 2.75) is 61.4 Å². The first-order chi connectivity index (χ1) is 18.0. The topological polar surface area (TPSA) is 141 Å². The average molecular weight is 581 g/mol. The van der Waals surface area contributed by atoms with E-state index in [1.807, 2.05) is 6.92 Å². The standard InChI is InChI=1S/C25H32N4O6S3/c1-3-35-16-15-29-22-14-13-21(37(26,31)32)17-23(22)36-25(29)27-24(30)18-9-11-20(12-10-18)38(33,34)28(2)19-7-5-4-6-8-19/h9-14,17,19H,3-8,15-16H2,1-2H3,(H2,26,31,32). The van der Waals surface area contributed by atoms with Crippen molar-refractivity contribution < 1.29 is 26.4 Å². The molecule has 0 radical (unpaired) electrons. The molecule has 0 unspecified atom stereocenters.